The van der Waals surface area contributed by atoms with Crippen molar-refractivity contribution in [3.8, 4) is 0 Å². The largest absolute Gasteiger partial charge is 0.387 e. The second kappa shape index (κ2) is 6.17. The predicted molar refractivity (Wildman–Crippen MR) is 73.2 cm³/mol. The molecule has 0 amide bonds. The quantitative estimate of drug-likeness (QED) is 0.851. The number of benzene rings is 2. The molecule has 0 heterocycles. The van der Waals surface area contributed by atoms with E-state index < -0.39 is 17.7 Å². The van der Waals surface area contributed by atoms with Gasteiger partial charge in [0, 0.05) is 10.6 Å². The van der Waals surface area contributed by atoms with E-state index >= 15 is 0 Å². The number of thioether (sulfide) groups is 1. The summed E-state index contributed by atoms with van der Waals surface area (Å²) >= 11 is 1.37. The molecule has 0 saturated carbocycles. The number of aliphatic hydroxyl groups is 1. The lowest BCUT2D eigenvalue weighted by Crippen LogP contribution is -2.06. The molecule has 0 aliphatic heterocycles. The van der Waals surface area contributed by atoms with E-state index in [9.17, 15) is 13.9 Å². The Hall–Kier alpha value is -1.39. The molecule has 2 aromatic rings. The van der Waals surface area contributed by atoms with Crippen LogP contribution in [0.4, 0.5) is 8.78 Å². The van der Waals surface area contributed by atoms with Crippen molar-refractivity contribution >= 4 is 11.8 Å². The lowest BCUT2D eigenvalue weighted by molar-refractivity contribution is 0.193. The van der Waals surface area contributed by atoms with Gasteiger partial charge in [0.25, 0.3) is 0 Å². The summed E-state index contributed by atoms with van der Waals surface area (Å²) in [4.78, 5) is 0.968. The number of halogens is 2. The summed E-state index contributed by atoms with van der Waals surface area (Å²) in [5, 5.41) is 9.91. The van der Waals surface area contributed by atoms with E-state index in [4.69, 9.17) is 0 Å². The van der Waals surface area contributed by atoms with E-state index in [1.807, 2.05) is 31.2 Å². The first-order valence-corrected chi connectivity index (χ1v) is 6.88. The van der Waals surface area contributed by atoms with E-state index in [-0.39, 0.29) is 11.3 Å². The first kappa shape index (κ1) is 14.0. The van der Waals surface area contributed by atoms with Crippen LogP contribution in [0.5, 0.6) is 0 Å². The van der Waals surface area contributed by atoms with Gasteiger partial charge in [0.15, 0.2) is 0 Å². The van der Waals surface area contributed by atoms with Crippen molar-refractivity contribution in [2.75, 3.05) is 5.75 Å². The molecule has 1 N–H and O–H groups in total. The molecular weight excluding hydrogens is 266 g/mol. The summed E-state index contributed by atoms with van der Waals surface area (Å²) in [6.07, 6.45) is -1.16. The van der Waals surface area contributed by atoms with E-state index in [0.717, 1.165) is 22.6 Å². The van der Waals surface area contributed by atoms with Crippen molar-refractivity contribution in [1.29, 1.82) is 0 Å². The first-order valence-electron chi connectivity index (χ1n) is 5.89. The van der Waals surface area contributed by atoms with Crippen LogP contribution in [0.25, 0.3) is 0 Å². The maximum atomic E-state index is 13.5. The van der Waals surface area contributed by atoms with Gasteiger partial charge in [-0.05, 0) is 31.2 Å². The minimum absolute atomic E-state index is 0.210. The molecule has 0 saturated heterocycles. The summed E-state index contributed by atoms with van der Waals surface area (Å²) in [5.41, 5.74) is 0.846. The van der Waals surface area contributed by atoms with E-state index in [1.54, 1.807) is 0 Å². The van der Waals surface area contributed by atoms with Crippen LogP contribution in [0.2, 0.25) is 0 Å². The van der Waals surface area contributed by atoms with E-state index in [1.165, 1.54) is 17.8 Å². The van der Waals surface area contributed by atoms with Crippen molar-refractivity contribution in [2.45, 2.75) is 17.9 Å². The van der Waals surface area contributed by atoms with Gasteiger partial charge in [-0.3, -0.25) is 0 Å². The summed E-state index contributed by atoms with van der Waals surface area (Å²) in [6.45, 7) is 1.97. The highest BCUT2D eigenvalue weighted by molar-refractivity contribution is 7.99. The number of hydrogen-bond donors (Lipinski definition) is 1. The third kappa shape index (κ3) is 3.55. The van der Waals surface area contributed by atoms with Gasteiger partial charge in [0.1, 0.15) is 11.6 Å². The molecule has 19 heavy (non-hydrogen) atoms. The SMILES string of the molecule is Cc1cccc(SCC(O)c2c(F)cccc2F)c1. The standard InChI is InChI=1S/C15H14F2OS/c1-10-4-2-5-11(8-10)19-9-14(18)15-12(16)6-3-7-13(15)17/h2-8,14,18H,9H2,1H3. The van der Waals surface area contributed by atoms with Crippen molar-refractivity contribution in [1.82, 2.24) is 0 Å². The smallest absolute Gasteiger partial charge is 0.131 e. The van der Waals surface area contributed by atoms with Gasteiger partial charge in [-0.25, -0.2) is 8.78 Å². The Morgan fingerprint density at radius 2 is 1.74 bits per heavy atom. The summed E-state index contributed by atoms with van der Waals surface area (Å²) in [5.74, 6) is -1.21. The topological polar surface area (TPSA) is 20.2 Å². The predicted octanol–water partition coefficient (Wildman–Crippen LogP) is 4.10. The van der Waals surface area contributed by atoms with Gasteiger partial charge < -0.3 is 5.11 Å². The summed E-state index contributed by atoms with van der Waals surface area (Å²) < 4.78 is 27.0. The molecule has 0 aliphatic carbocycles. The molecule has 2 aromatic carbocycles. The lowest BCUT2D eigenvalue weighted by Gasteiger charge is -2.12. The fraction of sp³-hybridized carbons (Fsp3) is 0.200. The Bertz CT molecular complexity index is 552. The Labute approximate surface area is 115 Å². The van der Waals surface area contributed by atoms with Crippen molar-refractivity contribution < 1.29 is 13.9 Å². The summed E-state index contributed by atoms with van der Waals surface area (Å²) in [7, 11) is 0. The molecule has 0 spiro atoms. The zero-order valence-corrected chi connectivity index (χ0v) is 11.3. The van der Waals surface area contributed by atoms with Crippen LogP contribution in [0.1, 0.15) is 17.2 Å². The zero-order chi connectivity index (χ0) is 13.8. The van der Waals surface area contributed by atoms with Crippen LogP contribution < -0.4 is 0 Å². The molecule has 0 radical (unpaired) electrons. The molecular formula is C15H14F2OS. The highest BCUT2D eigenvalue weighted by Gasteiger charge is 2.17. The minimum atomic E-state index is -1.16. The molecule has 4 heteroatoms. The van der Waals surface area contributed by atoms with Gasteiger partial charge >= 0.3 is 0 Å². The Balaban J connectivity index is 2.07. The first-order chi connectivity index (χ1) is 9.08. The molecule has 0 fully saturated rings. The third-order valence-electron chi connectivity index (χ3n) is 2.73. The normalized spacial score (nSPS) is 12.4. The maximum absolute atomic E-state index is 13.5. The molecule has 0 aromatic heterocycles. The third-order valence-corrected chi connectivity index (χ3v) is 3.80. The number of hydrogen-bond acceptors (Lipinski definition) is 2. The van der Waals surface area contributed by atoms with E-state index in [0.29, 0.717) is 0 Å². The second-order valence-electron chi connectivity index (χ2n) is 4.28. The van der Waals surface area contributed by atoms with Crippen molar-refractivity contribution in [3.63, 3.8) is 0 Å². The number of rotatable bonds is 4. The Kier molecular flexibility index (Phi) is 4.56. The average molecular weight is 280 g/mol. The van der Waals surface area contributed by atoms with Crippen molar-refractivity contribution in [3.05, 3.63) is 65.2 Å². The minimum Gasteiger partial charge on any atom is -0.387 e. The fourth-order valence-electron chi connectivity index (χ4n) is 1.79. The molecule has 1 unspecified atom stereocenters. The van der Waals surface area contributed by atoms with Crippen LogP contribution in [0, 0.1) is 18.6 Å². The maximum Gasteiger partial charge on any atom is 0.131 e. The molecule has 2 rings (SSSR count). The van der Waals surface area contributed by atoms with Gasteiger partial charge in [-0.2, -0.15) is 0 Å². The second-order valence-corrected chi connectivity index (χ2v) is 5.37. The summed E-state index contributed by atoms with van der Waals surface area (Å²) in [6, 6.07) is 11.3. The number of aryl methyl sites for hydroxylation is 1. The van der Waals surface area contributed by atoms with Crippen LogP contribution >= 0.6 is 11.8 Å². The Morgan fingerprint density at radius 3 is 2.37 bits per heavy atom. The highest BCUT2D eigenvalue weighted by atomic mass is 32.2. The molecule has 1 nitrogen and oxygen atoms in total. The Morgan fingerprint density at radius 1 is 1.11 bits per heavy atom. The van der Waals surface area contributed by atoms with Crippen LogP contribution in [0.15, 0.2) is 47.4 Å². The average Bonchev–Trinajstić information content (AvgIpc) is 2.36. The molecule has 0 aliphatic rings. The lowest BCUT2D eigenvalue weighted by atomic mass is 10.1. The number of aliphatic hydroxyl groups excluding tert-OH is 1. The van der Waals surface area contributed by atoms with Crippen LogP contribution in [-0.2, 0) is 0 Å². The molecule has 100 valence electrons. The monoisotopic (exact) mass is 280 g/mol. The molecule has 1 atom stereocenters. The van der Waals surface area contributed by atoms with Gasteiger partial charge in [0.05, 0.1) is 11.7 Å². The van der Waals surface area contributed by atoms with Gasteiger partial charge in [-0.15, -0.1) is 11.8 Å². The van der Waals surface area contributed by atoms with Gasteiger partial charge in [0.2, 0.25) is 0 Å². The van der Waals surface area contributed by atoms with Crippen LogP contribution in [-0.4, -0.2) is 10.9 Å². The highest BCUT2D eigenvalue weighted by Crippen LogP contribution is 2.28. The van der Waals surface area contributed by atoms with Crippen molar-refractivity contribution in [2.24, 2.45) is 0 Å². The fourth-order valence-corrected chi connectivity index (χ4v) is 2.75. The van der Waals surface area contributed by atoms with E-state index in [2.05, 4.69) is 0 Å². The van der Waals surface area contributed by atoms with Gasteiger partial charge in [-0.1, -0.05) is 23.8 Å². The van der Waals surface area contributed by atoms with Crippen LogP contribution in [0.3, 0.4) is 0 Å². The zero-order valence-electron chi connectivity index (χ0n) is 10.4. The molecule has 0 bridgehead atoms.